The summed E-state index contributed by atoms with van der Waals surface area (Å²) >= 11 is 0. The normalized spacial score (nSPS) is 21.6. The van der Waals surface area contributed by atoms with Crippen LogP contribution in [0.2, 0.25) is 0 Å². The van der Waals surface area contributed by atoms with Gasteiger partial charge in [-0.05, 0) is 25.0 Å². The van der Waals surface area contributed by atoms with Crippen LogP contribution in [0.4, 0.5) is 24.7 Å². The Morgan fingerprint density at radius 3 is 2.71 bits per heavy atom. The highest BCUT2D eigenvalue weighted by Crippen LogP contribution is 2.34. The SMILES string of the molecule is Nc1ccc(N2CCC[C@H](C(F)(F)F)C2)nc1. The van der Waals surface area contributed by atoms with Crippen molar-refractivity contribution in [2.45, 2.75) is 19.0 Å². The highest BCUT2D eigenvalue weighted by molar-refractivity contribution is 5.46. The van der Waals surface area contributed by atoms with E-state index in [2.05, 4.69) is 4.98 Å². The van der Waals surface area contributed by atoms with Gasteiger partial charge < -0.3 is 10.6 Å². The minimum Gasteiger partial charge on any atom is -0.397 e. The van der Waals surface area contributed by atoms with Crippen LogP contribution in [0.25, 0.3) is 0 Å². The van der Waals surface area contributed by atoms with Crippen molar-refractivity contribution >= 4 is 11.5 Å². The molecule has 1 aliphatic rings. The number of hydrogen-bond acceptors (Lipinski definition) is 3. The Kier molecular flexibility index (Phi) is 3.13. The van der Waals surface area contributed by atoms with Crippen molar-refractivity contribution in [3.63, 3.8) is 0 Å². The second-order valence-electron chi connectivity index (χ2n) is 4.28. The van der Waals surface area contributed by atoms with Gasteiger partial charge in [-0.15, -0.1) is 0 Å². The summed E-state index contributed by atoms with van der Waals surface area (Å²) in [6.45, 7) is 0.601. The molecule has 0 aromatic carbocycles. The maximum absolute atomic E-state index is 12.6. The van der Waals surface area contributed by atoms with Gasteiger partial charge >= 0.3 is 6.18 Å². The number of anilines is 2. The van der Waals surface area contributed by atoms with Gasteiger partial charge in [-0.2, -0.15) is 13.2 Å². The van der Waals surface area contributed by atoms with Crippen LogP contribution in [0.15, 0.2) is 18.3 Å². The lowest BCUT2D eigenvalue weighted by Gasteiger charge is -2.34. The summed E-state index contributed by atoms with van der Waals surface area (Å²) in [7, 11) is 0. The highest BCUT2D eigenvalue weighted by atomic mass is 19.4. The Labute approximate surface area is 97.4 Å². The van der Waals surface area contributed by atoms with Gasteiger partial charge in [0.2, 0.25) is 0 Å². The molecule has 2 heterocycles. The quantitative estimate of drug-likeness (QED) is 0.826. The number of nitrogen functional groups attached to an aromatic ring is 1. The number of nitrogens with zero attached hydrogens (tertiary/aromatic N) is 2. The molecule has 1 fully saturated rings. The molecule has 0 spiro atoms. The number of nitrogens with two attached hydrogens (primary N) is 1. The molecule has 0 amide bonds. The molecule has 0 radical (unpaired) electrons. The van der Waals surface area contributed by atoms with Crippen LogP contribution in [0.1, 0.15) is 12.8 Å². The van der Waals surface area contributed by atoms with Crippen LogP contribution in [-0.4, -0.2) is 24.2 Å². The van der Waals surface area contributed by atoms with E-state index in [0.29, 0.717) is 24.5 Å². The van der Waals surface area contributed by atoms with Gasteiger partial charge in [0.1, 0.15) is 5.82 Å². The molecule has 0 saturated carbocycles. The van der Waals surface area contributed by atoms with Gasteiger partial charge in [0.25, 0.3) is 0 Å². The second-order valence-corrected chi connectivity index (χ2v) is 4.28. The van der Waals surface area contributed by atoms with Crippen molar-refractivity contribution in [2.24, 2.45) is 5.92 Å². The van der Waals surface area contributed by atoms with Crippen molar-refractivity contribution in [1.82, 2.24) is 4.98 Å². The molecular formula is C11H14F3N3. The van der Waals surface area contributed by atoms with Crippen LogP contribution in [-0.2, 0) is 0 Å². The molecule has 94 valence electrons. The zero-order valence-electron chi connectivity index (χ0n) is 9.24. The number of piperidine rings is 1. The predicted molar refractivity (Wildman–Crippen MR) is 59.6 cm³/mol. The van der Waals surface area contributed by atoms with Crippen molar-refractivity contribution in [1.29, 1.82) is 0 Å². The van der Waals surface area contributed by atoms with Crippen LogP contribution in [0.5, 0.6) is 0 Å². The number of hydrogen-bond donors (Lipinski definition) is 1. The van der Waals surface area contributed by atoms with Gasteiger partial charge in [-0.25, -0.2) is 4.98 Å². The topological polar surface area (TPSA) is 42.1 Å². The first-order valence-electron chi connectivity index (χ1n) is 5.50. The van der Waals surface area contributed by atoms with Gasteiger partial charge in [-0.1, -0.05) is 0 Å². The molecule has 17 heavy (non-hydrogen) atoms. The summed E-state index contributed by atoms with van der Waals surface area (Å²) in [5.41, 5.74) is 6.00. The van der Waals surface area contributed by atoms with Gasteiger partial charge in [-0.3, -0.25) is 0 Å². The zero-order valence-corrected chi connectivity index (χ0v) is 9.24. The largest absolute Gasteiger partial charge is 0.397 e. The smallest absolute Gasteiger partial charge is 0.393 e. The minimum atomic E-state index is -4.12. The fraction of sp³-hybridized carbons (Fsp3) is 0.545. The Morgan fingerprint density at radius 1 is 1.35 bits per heavy atom. The third-order valence-electron chi connectivity index (χ3n) is 2.98. The molecular weight excluding hydrogens is 231 g/mol. The molecule has 0 unspecified atom stereocenters. The molecule has 1 aromatic heterocycles. The van der Waals surface area contributed by atoms with E-state index < -0.39 is 12.1 Å². The van der Waals surface area contributed by atoms with Crippen LogP contribution in [0, 0.1) is 5.92 Å². The zero-order chi connectivity index (χ0) is 12.5. The number of halogens is 3. The lowest BCUT2D eigenvalue weighted by atomic mass is 9.97. The number of rotatable bonds is 1. The van der Waals surface area contributed by atoms with E-state index in [9.17, 15) is 13.2 Å². The van der Waals surface area contributed by atoms with E-state index in [4.69, 9.17) is 5.73 Å². The Morgan fingerprint density at radius 2 is 2.12 bits per heavy atom. The molecule has 1 saturated heterocycles. The molecule has 3 nitrogen and oxygen atoms in total. The summed E-state index contributed by atoms with van der Waals surface area (Å²) < 4.78 is 37.9. The minimum absolute atomic E-state index is 0.0135. The monoisotopic (exact) mass is 245 g/mol. The maximum Gasteiger partial charge on any atom is 0.393 e. The molecule has 1 aromatic rings. The fourth-order valence-electron chi connectivity index (χ4n) is 2.04. The third-order valence-corrected chi connectivity index (χ3v) is 2.98. The number of alkyl halides is 3. The van der Waals surface area contributed by atoms with Crippen LogP contribution < -0.4 is 10.6 Å². The highest BCUT2D eigenvalue weighted by Gasteiger charge is 2.41. The van der Waals surface area contributed by atoms with Crippen molar-refractivity contribution in [2.75, 3.05) is 23.7 Å². The van der Waals surface area contributed by atoms with E-state index in [1.165, 1.54) is 6.20 Å². The average Bonchev–Trinajstić information content (AvgIpc) is 2.29. The summed E-state index contributed by atoms with van der Waals surface area (Å²) in [5.74, 6) is -0.691. The molecule has 0 bridgehead atoms. The molecule has 2 N–H and O–H groups in total. The Hall–Kier alpha value is -1.46. The summed E-state index contributed by atoms with van der Waals surface area (Å²) in [4.78, 5) is 5.72. The first-order chi connectivity index (χ1) is 7.97. The van der Waals surface area contributed by atoms with E-state index >= 15 is 0 Å². The van der Waals surface area contributed by atoms with E-state index in [1.807, 2.05) is 0 Å². The van der Waals surface area contributed by atoms with E-state index in [-0.39, 0.29) is 13.0 Å². The van der Waals surface area contributed by atoms with Gasteiger partial charge in [0, 0.05) is 13.1 Å². The lowest BCUT2D eigenvalue weighted by molar-refractivity contribution is -0.176. The Bertz CT molecular complexity index is 375. The van der Waals surface area contributed by atoms with E-state index in [0.717, 1.165) is 0 Å². The molecule has 6 heteroatoms. The Balaban J connectivity index is 2.09. The molecule has 0 aliphatic carbocycles. The summed E-state index contributed by atoms with van der Waals surface area (Å²) in [6.07, 6.45) is -1.91. The van der Waals surface area contributed by atoms with Gasteiger partial charge in [0.05, 0.1) is 17.8 Å². The predicted octanol–water partition coefficient (Wildman–Crippen LogP) is 2.44. The molecule has 1 atom stereocenters. The van der Waals surface area contributed by atoms with Crippen molar-refractivity contribution in [3.8, 4) is 0 Å². The lowest BCUT2D eigenvalue weighted by Crippen LogP contribution is -2.42. The summed E-state index contributed by atoms with van der Waals surface area (Å²) in [5, 5.41) is 0. The van der Waals surface area contributed by atoms with Crippen LogP contribution in [0.3, 0.4) is 0 Å². The first-order valence-corrected chi connectivity index (χ1v) is 5.50. The number of aromatic nitrogens is 1. The molecule has 1 aliphatic heterocycles. The molecule has 2 rings (SSSR count). The van der Waals surface area contributed by atoms with E-state index in [1.54, 1.807) is 17.0 Å². The fourth-order valence-corrected chi connectivity index (χ4v) is 2.04. The van der Waals surface area contributed by atoms with Crippen molar-refractivity contribution < 1.29 is 13.2 Å². The number of pyridine rings is 1. The third kappa shape index (κ3) is 2.81. The van der Waals surface area contributed by atoms with Gasteiger partial charge in [0.15, 0.2) is 0 Å². The summed E-state index contributed by atoms with van der Waals surface area (Å²) in [6, 6.07) is 3.31. The van der Waals surface area contributed by atoms with Crippen LogP contribution >= 0.6 is 0 Å². The maximum atomic E-state index is 12.6. The average molecular weight is 245 g/mol. The standard InChI is InChI=1S/C11H14F3N3/c12-11(13,14)8-2-1-5-17(7-8)10-4-3-9(15)6-16-10/h3-4,6,8H,1-2,5,7,15H2/t8-/m0/s1. The first kappa shape index (κ1) is 12.0. The second kappa shape index (κ2) is 4.43. The van der Waals surface area contributed by atoms with Crippen molar-refractivity contribution in [3.05, 3.63) is 18.3 Å².